The van der Waals surface area contributed by atoms with E-state index in [9.17, 15) is 27.7 Å². The quantitative estimate of drug-likeness (QED) is 0.391. The van der Waals surface area contributed by atoms with Gasteiger partial charge in [0.1, 0.15) is 12.6 Å². The minimum absolute atomic E-state index is 0.0490. The zero-order chi connectivity index (χ0) is 24.3. The number of rotatable bonds is 8. The van der Waals surface area contributed by atoms with Gasteiger partial charge in [-0.05, 0) is 33.4 Å². The van der Waals surface area contributed by atoms with Gasteiger partial charge in [0, 0.05) is 12.3 Å². The van der Waals surface area contributed by atoms with Crippen LogP contribution in [0.2, 0.25) is 0 Å². The van der Waals surface area contributed by atoms with E-state index in [1.807, 2.05) is 48.5 Å². The first-order valence-electron chi connectivity index (χ1n) is 10.6. The lowest BCUT2D eigenvalue weighted by Gasteiger charge is -2.17. The molecule has 1 aliphatic rings. The number of nitrogens with one attached hydrogen (secondary N) is 1. The molecule has 9 heteroatoms. The molecule has 0 aliphatic heterocycles. The summed E-state index contributed by atoms with van der Waals surface area (Å²) in [6.07, 6.45) is -1.77. The van der Waals surface area contributed by atoms with Crippen LogP contribution in [0.5, 0.6) is 0 Å². The largest absolute Gasteiger partial charge is 0.480 e. The fourth-order valence-electron chi connectivity index (χ4n) is 4.21. The van der Waals surface area contributed by atoms with Gasteiger partial charge in [-0.1, -0.05) is 72.8 Å². The smallest absolute Gasteiger partial charge is 0.407 e. The topological polar surface area (TPSA) is 92.7 Å². The van der Waals surface area contributed by atoms with Gasteiger partial charge in [-0.25, -0.2) is 14.2 Å². The van der Waals surface area contributed by atoms with Crippen molar-refractivity contribution in [3.05, 3.63) is 95.1 Å². The summed E-state index contributed by atoms with van der Waals surface area (Å²) >= 11 is 0. The number of benzene rings is 3. The molecule has 1 atom stereocenters. The fourth-order valence-corrected chi connectivity index (χ4v) is 4.85. The Morgan fingerprint density at radius 2 is 1.44 bits per heavy atom. The van der Waals surface area contributed by atoms with E-state index >= 15 is 0 Å². The standard InChI is InChI=1S/C25H22F2NO5P/c26-34(27,32)15-17-11-9-16(10-12-17)13-23(24(29)30)28-25(31)33-14-22-20-7-3-1-5-18(20)19-6-2-4-8-21(19)22/h1-12,22-23H,13-15H2,(H,28,31)(H,29,30)/t23-/m0/s1. The third-order valence-electron chi connectivity index (χ3n) is 5.76. The average molecular weight is 485 g/mol. The normalized spacial score (nSPS) is 13.6. The lowest BCUT2D eigenvalue weighted by Crippen LogP contribution is -2.42. The van der Waals surface area contributed by atoms with E-state index < -0.39 is 32.0 Å². The van der Waals surface area contributed by atoms with Crippen LogP contribution in [0.1, 0.15) is 28.2 Å². The molecule has 0 spiro atoms. The first kappa shape index (κ1) is 23.6. The summed E-state index contributed by atoms with van der Waals surface area (Å²) in [5.41, 5.74) is 4.94. The lowest BCUT2D eigenvalue weighted by atomic mass is 9.98. The highest BCUT2D eigenvalue weighted by atomic mass is 31.2. The van der Waals surface area contributed by atoms with Crippen LogP contribution in [0.25, 0.3) is 11.1 Å². The lowest BCUT2D eigenvalue weighted by molar-refractivity contribution is -0.139. The Labute approximate surface area is 195 Å². The molecule has 6 nitrogen and oxygen atoms in total. The van der Waals surface area contributed by atoms with Crippen molar-refractivity contribution in [2.24, 2.45) is 0 Å². The molecule has 2 N–H and O–H groups in total. The van der Waals surface area contributed by atoms with Gasteiger partial charge in [0.2, 0.25) is 0 Å². The van der Waals surface area contributed by atoms with E-state index in [0.717, 1.165) is 22.3 Å². The van der Waals surface area contributed by atoms with Gasteiger partial charge >= 0.3 is 19.8 Å². The van der Waals surface area contributed by atoms with Gasteiger partial charge in [-0.2, -0.15) is 8.39 Å². The highest BCUT2D eigenvalue weighted by Crippen LogP contribution is 2.52. The Hall–Kier alpha value is -3.51. The van der Waals surface area contributed by atoms with Crippen LogP contribution >= 0.6 is 7.76 Å². The predicted molar refractivity (Wildman–Crippen MR) is 123 cm³/mol. The number of carboxylic acid groups (broad SMARTS) is 1. The Morgan fingerprint density at radius 3 is 1.97 bits per heavy atom. The number of hydrogen-bond donors (Lipinski definition) is 2. The zero-order valence-corrected chi connectivity index (χ0v) is 18.9. The second kappa shape index (κ2) is 9.77. The molecule has 34 heavy (non-hydrogen) atoms. The molecule has 0 aromatic heterocycles. The zero-order valence-electron chi connectivity index (χ0n) is 18.0. The van der Waals surface area contributed by atoms with Crippen LogP contribution in [0.3, 0.4) is 0 Å². The molecule has 0 saturated heterocycles. The Kier molecular flexibility index (Phi) is 6.80. The summed E-state index contributed by atoms with van der Waals surface area (Å²) in [4.78, 5) is 24.1. The number of carboxylic acids is 1. The summed E-state index contributed by atoms with van der Waals surface area (Å²) in [7, 11) is -5.19. The van der Waals surface area contributed by atoms with E-state index in [1.165, 1.54) is 24.3 Å². The number of aliphatic carboxylic acids is 1. The van der Waals surface area contributed by atoms with E-state index in [1.54, 1.807) is 0 Å². The Bertz CT molecular complexity index is 1210. The molecular weight excluding hydrogens is 463 g/mol. The maximum Gasteiger partial charge on any atom is 0.407 e. The van der Waals surface area contributed by atoms with E-state index in [2.05, 4.69) is 5.32 Å². The van der Waals surface area contributed by atoms with Crippen molar-refractivity contribution in [1.29, 1.82) is 0 Å². The summed E-state index contributed by atoms with van der Waals surface area (Å²) in [6, 6.07) is 20.1. The molecule has 1 amide bonds. The average Bonchev–Trinajstić information content (AvgIpc) is 3.11. The maximum absolute atomic E-state index is 12.7. The summed E-state index contributed by atoms with van der Waals surface area (Å²) in [5.74, 6) is -1.41. The van der Waals surface area contributed by atoms with E-state index in [0.29, 0.717) is 5.56 Å². The molecule has 4 rings (SSSR count). The molecule has 1 aliphatic carbocycles. The van der Waals surface area contributed by atoms with Gasteiger partial charge in [-0.15, -0.1) is 0 Å². The van der Waals surface area contributed by atoms with Crippen molar-refractivity contribution in [2.45, 2.75) is 24.5 Å². The number of carbonyl (C=O) groups is 2. The third-order valence-corrected chi connectivity index (χ3v) is 6.50. The number of fused-ring (bicyclic) bond motifs is 3. The van der Waals surface area contributed by atoms with E-state index in [4.69, 9.17) is 4.74 Å². The van der Waals surface area contributed by atoms with Crippen molar-refractivity contribution in [1.82, 2.24) is 5.32 Å². The van der Waals surface area contributed by atoms with Crippen molar-refractivity contribution in [2.75, 3.05) is 6.61 Å². The Morgan fingerprint density at radius 1 is 0.912 bits per heavy atom. The number of ether oxygens (including phenoxy) is 1. The van der Waals surface area contributed by atoms with Gasteiger partial charge in [-0.3, -0.25) is 0 Å². The van der Waals surface area contributed by atoms with Gasteiger partial charge < -0.3 is 15.2 Å². The third kappa shape index (κ3) is 5.51. The van der Waals surface area contributed by atoms with Crippen LogP contribution in [0, 0.1) is 0 Å². The second-order valence-corrected chi connectivity index (χ2v) is 9.57. The molecule has 0 radical (unpaired) electrons. The van der Waals surface area contributed by atoms with Crippen molar-refractivity contribution in [3.8, 4) is 11.1 Å². The first-order chi connectivity index (χ1) is 16.2. The number of carbonyl (C=O) groups excluding carboxylic acids is 1. The van der Waals surface area contributed by atoms with Gasteiger partial charge in [0.05, 0.1) is 6.16 Å². The Balaban J connectivity index is 1.39. The minimum atomic E-state index is -5.19. The minimum Gasteiger partial charge on any atom is -0.480 e. The van der Waals surface area contributed by atoms with E-state index in [-0.39, 0.29) is 24.5 Å². The van der Waals surface area contributed by atoms with Crippen LogP contribution in [0.15, 0.2) is 72.8 Å². The summed E-state index contributed by atoms with van der Waals surface area (Å²) in [6.45, 7) is 0.0490. The van der Waals surface area contributed by atoms with Crippen LogP contribution in [-0.4, -0.2) is 29.8 Å². The summed E-state index contributed by atoms with van der Waals surface area (Å²) in [5, 5.41) is 11.9. The number of alkyl carbamates (subject to hydrolysis) is 1. The van der Waals surface area contributed by atoms with Crippen molar-refractivity contribution >= 4 is 19.8 Å². The molecule has 0 unspecified atom stereocenters. The van der Waals surface area contributed by atoms with Crippen LogP contribution < -0.4 is 5.32 Å². The molecule has 0 heterocycles. The molecule has 0 saturated carbocycles. The molecule has 3 aromatic carbocycles. The SMILES string of the molecule is O=C(N[C@@H](Cc1ccc(CP(=O)(F)F)cc1)C(=O)O)OCC1c2ccccc2-c2ccccc21. The van der Waals surface area contributed by atoms with Crippen molar-refractivity contribution < 1.29 is 32.4 Å². The highest BCUT2D eigenvalue weighted by Gasteiger charge is 2.30. The maximum atomic E-state index is 12.7. The molecule has 3 aromatic rings. The highest BCUT2D eigenvalue weighted by molar-refractivity contribution is 7.52. The van der Waals surface area contributed by atoms with Crippen molar-refractivity contribution in [3.63, 3.8) is 0 Å². The predicted octanol–water partition coefficient (Wildman–Crippen LogP) is 5.85. The fraction of sp³-hybridized carbons (Fsp3) is 0.200. The monoisotopic (exact) mass is 485 g/mol. The van der Waals surface area contributed by atoms with Gasteiger partial charge in [0.15, 0.2) is 0 Å². The number of amides is 1. The second-order valence-electron chi connectivity index (χ2n) is 8.11. The molecular formula is C25H22F2NO5P. The van der Waals surface area contributed by atoms with Crippen LogP contribution in [-0.2, 0) is 26.7 Å². The first-order valence-corrected chi connectivity index (χ1v) is 12.3. The molecule has 176 valence electrons. The van der Waals surface area contributed by atoms with Gasteiger partial charge in [0.25, 0.3) is 0 Å². The number of hydrogen-bond acceptors (Lipinski definition) is 4. The number of halogens is 2. The summed E-state index contributed by atoms with van der Waals surface area (Å²) < 4.78 is 41.5. The molecule has 0 bridgehead atoms. The van der Waals surface area contributed by atoms with Crippen LogP contribution in [0.4, 0.5) is 13.2 Å². The molecule has 0 fully saturated rings.